The third-order valence-corrected chi connectivity index (χ3v) is 6.37. The molecule has 1 aromatic carbocycles. The molecule has 3 rings (SSSR count). The number of thiophene rings is 1. The average Bonchev–Trinajstić information content (AvgIpc) is 3.21. The Labute approximate surface area is 161 Å². The zero-order valence-electron chi connectivity index (χ0n) is 14.6. The number of hydrogen-bond acceptors (Lipinski definition) is 5. The van der Waals surface area contributed by atoms with E-state index < -0.39 is 29.1 Å². The second kappa shape index (κ2) is 7.21. The molecule has 0 fully saturated rings. The van der Waals surface area contributed by atoms with E-state index in [0.29, 0.717) is 17.0 Å². The number of hydrogen-bond donors (Lipinski definition) is 1. The van der Waals surface area contributed by atoms with Gasteiger partial charge in [-0.3, -0.25) is 4.79 Å². The summed E-state index contributed by atoms with van der Waals surface area (Å²) < 4.78 is 41.7. The molecule has 0 unspecified atom stereocenters. The summed E-state index contributed by atoms with van der Waals surface area (Å²) in [7, 11) is 1.43. The van der Waals surface area contributed by atoms with Crippen LogP contribution < -0.4 is 0 Å². The van der Waals surface area contributed by atoms with Crippen LogP contribution in [0.1, 0.15) is 22.7 Å². The van der Waals surface area contributed by atoms with Crippen LogP contribution >= 0.6 is 22.7 Å². The molecule has 0 spiro atoms. The first-order valence-corrected chi connectivity index (χ1v) is 9.78. The lowest BCUT2D eigenvalue weighted by Gasteiger charge is -2.29. The fraction of sp³-hybridized carbons (Fsp3) is 0.333. The molecule has 0 saturated carbocycles. The predicted molar refractivity (Wildman–Crippen MR) is 99.7 cm³/mol. The highest BCUT2D eigenvalue weighted by Gasteiger charge is 2.58. The van der Waals surface area contributed by atoms with Crippen molar-refractivity contribution in [3.8, 4) is 0 Å². The monoisotopic (exact) mass is 414 g/mol. The number of aryl methyl sites for hydroxylation is 1. The molecule has 1 amide bonds. The van der Waals surface area contributed by atoms with Gasteiger partial charge >= 0.3 is 6.18 Å². The number of amides is 1. The summed E-state index contributed by atoms with van der Waals surface area (Å²) in [5, 5.41) is 14.1. The molecule has 9 heteroatoms. The molecule has 27 heavy (non-hydrogen) atoms. The lowest BCUT2D eigenvalue weighted by molar-refractivity contribution is -0.268. The molecule has 1 N–H and O–H groups in total. The third-order valence-electron chi connectivity index (χ3n) is 4.24. The van der Waals surface area contributed by atoms with Crippen LogP contribution in [-0.2, 0) is 16.9 Å². The van der Waals surface area contributed by atoms with Crippen LogP contribution in [0.25, 0.3) is 10.1 Å². The maximum atomic E-state index is 13.6. The molecule has 1 atom stereocenters. The number of carbonyl (C=O) groups excluding carboxylic acids is 1. The standard InChI is InChI=1S/C18H17F3N2O2S2/c1-11-9-27-16(22-11)17(25,18(19,20)21)7-15(24)23(2)8-12-10-26-14-6-4-3-5-13(12)14/h3-6,9-10,25H,7-8H2,1-2H3/t17-/m1/s1. The fourth-order valence-corrected chi connectivity index (χ4v) is 4.56. The van der Waals surface area contributed by atoms with Gasteiger partial charge in [-0.2, -0.15) is 13.2 Å². The highest BCUT2D eigenvalue weighted by atomic mass is 32.1. The number of aliphatic hydroxyl groups is 1. The Balaban J connectivity index is 1.81. The van der Waals surface area contributed by atoms with E-state index in [0.717, 1.165) is 15.6 Å². The van der Waals surface area contributed by atoms with E-state index in [1.54, 1.807) is 0 Å². The van der Waals surface area contributed by atoms with E-state index in [1.807, 2.05) is 29.6 Å². The molecule has 0 bridgehead atoms. The first-order chi connectivity index (χ1) is 12.6. The summed E-state index contributed by atoms with van der Waals surface area (Å²) in [5.41, 5.74) is -2.08. The molecule has 0 aliphatic carbocycles. The zero-order valence-corrected chi connectivity index (χ0v) is 16.2. The van der Waals surface area contributed by atoms with Crippen molar-refractivity contribution in [2.75, 3.05) is 7.05 Å². The van der Waals surface area contributed by atoms with Crippen molar-refractivity contribution in [3.63, 3.8) is 0 Å². The van der Waals surface area contributed by atoms with Crippen molar-refractivity contribution in [1.82, 2.24) is 9.88 Å². The largest absolute Gasteiger partial charge is 0.424 e. The maximum Gasteiger partial charge on any atom is 0.424 e. The smallest absolute Gasteiger partial charge is 0.374 e. The topological polar surface area (TPSA) is 53.4 Å². The molecule has 2 aromatic heterocycles. The molecule has 4 nitrogen and oxygen atoms in total. The number of carbonyl (C=O) groups is 1. The van der Waals surface area contributed by atoms with Crippen molar-refractivity contribution >= 4 is 38.7 Å². The number of benzene rings is 1. The Kier molecular flexibility index (Phi) is 5.29. The fourth-order valence-electron chi connectivity index (χ4n) is 2.69. The van der Waals surface area contributed by atoms with E-state index in [9.17, 15) is 23.1 Å². The highest BCUT2D eigenvalue weighted by Crippen LogP contribution is 2.43. The predicted octanol–water partition coefficient (Wildman–Crippen LogP) is 4.46. The van der Waals surface area contributed by atoms with Gasteiger partial charge in [0.25, 0.3) is 0 Å². The summed E-state index contributed by atoms with van der Waals surface area (Å²) >= 11 is 2.20. The molecule has 0 aliphatic rings. The molecule has 0 radical (unpaired) electrons. The highest BCUT2D eigenvalue weighted by molar-refractivity contribution is 7.17. The number of thiazole rings is 1. The van der Waals surface area contributed by atoms with Crippen molar-refractivity contribution in [2.45, 2.75) is 31.7 Å². The Morgan fingerprint density at radius 3 is 2.56 bits per heavy atom. The summed E-state index contributed by atoms with van der Waals surface area (Å²) in [6.45, 7) is 1.69. The van der Waals surface area contributed by atoms with E-state index in [4.69, 9.17) is 0 Å². The second-order valence-electron chi connectivity index (χ2n) is 6.34. The normalized spacial score (nSPS) is 14.3. The van der Waals surface area contributed by atoms with Crippen LogP contribution in [0.3, 0.4) is 0 Å². The van der Waals surface area contributed by atoms with Gasteiger partial charge in [-0.05, 0) is 29.3 Å². The lowest BCUT2D eigenvalue weighted by Crippen LogP contribution is -2.46. The van der Waals surface area contributed by atoms with E-state index in [1.165, 1.54) is 35.6 Å². The molecular weight excluding hydrogens is 397 g/mol. The number of fused-ring (bicyclic) bond motifs is 1. The number of alkyl halides is 3. The van der Waals surface area contributed by atoms with E-state index in [-0.39, 0.29) is 6.54 Å². The Bertz CT molecular complexity index is 967. The minimum absolute atomic E-state index is 0.160. The molecule has 0 saturated heterocycles. The Morgan fingerprint density at radius 1 is 1.22 bits per heavy atom. The number of rotatable bonds is 5. The van der Waals surface area contributed by atoms with Crippen molar-refractivity contribution in [1.29, 1.82) is 0 Å². The van der Waals surface area contributed by atoms with Gasteiger partial charge in [0.15, 0.2) is 0 Å². The Hall–Kier alpha value is -1.97. The summed E-state index contributed by atoms with van der Waals surface area (Å²) in [6, 6.07) is 7.62. The number of aromatic nitrogens is 1. The first kappa shape index (κ1) is 19.8. The first-order valence-electron chi connectivity index (χ1n) is 8.02. The van der Waals surface area contributed by atoms with Crippen LogP contribution in [-0.4, -0.2) is 34.1 Å². The van der Waals surface area contributed by atoms with Crippen molar-refractivity contribution < 1.29 is 23.1 Å². The second-order valence-corrected chi connectivity index (χ2v) is 8.11. The van der Waals surface area contributed by atoms with Crippen LogP contribution in [0.2, 0.25) is 0 Å². The van der Waals surface area contributed by atoms with Gasteiger partial charge < -0.3 is 10.0 Å². The van der Waals surface area contributed by atoms with Gasteiger partial charge in [0.1, 0.15) is 5.01 Å². The summed E-state index contributed by atoms with van der Waals surface area (Å²) in [6.07, 6.45) is -6.12. The van der Waals surface area contributed by atoms with Gasteiger partial charge in [-0.15, -0.1) is 22.7 Å². The quantitative estimate of drug-likeness (QED) is 0.671. The number of halogens is 3. The third kappa shape index (κ3) is 3.85. The lowest BCUT2D eigenvalue weighted by atomic mass is 9.98. The number of nitrogens with zero attached hydrogens (tertiary/aromatic N) is 2. The minimum atomic E-state index is -5.01. The van der Waals surface area contributed by atoms with Crippen LogP contribution in [0, 0.1) is 6.92 Å². The van der Waals surface area contributed by atoms with E-state index in [2.05, 4.69) is 4.98 Å². The molecular formula is C18H17F3N2O2S2. The molecule has 2 heterocycles. The van der Waals surface area contributed by atoms with Gasteiger partial charge in [0, 0.05) is 29.4 Å². The van der Waals surface area contributed by atoms with Crippen molar-refractivity contribution in [3.05, 3.63) is 51.3 Å². The summed E-state index contributed by atoms with van der Waals surface area (Å²) in [5.74, 6) is -0.807. The summed E-state index contributed by atoms with van der Waals surface area (Å²) in [4.78, 5) is 17.5. The maximum absolute atomic E-state index is 13.6. The molecule has 0 aliphatic heterocycles. The van der Waals surface area contributed by atoms with Crippen LogP contribution in [0.4, 0.5) is 13.2 Å². The van der Waals surface area contributed by atoms with Gasteiger partial charge in [0.2, 0.25) is 11.5 Å². The van der Waals surface area contributed by atoms with Crippen molar-refractivity contribution in [2.24, 2.45) is 0 Å². The van der Waals surface area contributed by atoms with Gasteiger partial charge in [0.05, 0.1) is 6.42 Å². The van der Waals surface area contributed by atoms with E-state index >= 15 is 0 Å². The van der Waals surface area contributed by atoms with Gasteiger partial charge in [-0.1, -0.05) is 18.2 Å². The van der Waals surface area contributed by atoms with Gasteiger partial charge in [-0.25, -0.2) is 4.98 Å². The SMILES string of the molecule is Cc1csc([C@](O)(CC(=O)N(C)Cc2csc3ccccc23)C(F)(F)F)n1. The Morgan fingerprint density at radius 2 is 1.93 bits per heavy atom. The van der Waals surface area contributed by atoms with Crippen LogP contribution in [0.5, 0.6) is 0 Å². The minimum Gasteiger partial charge on any atom is -0.374 e. The van der Waals surface area contributed by atoms with Crippen LogP contribution in [0.15, 0.2) is 35.0 Å². The molecule has 3 aromatic rings. The molecule has 144 valence electrons. The average molecular weight is 414 g/mol. The zero-order chi connectivity index (χ0) is 19.8.